The van der Waals surface area contributed by atoms with Crippen molar-refractivity contribution in [3.8, 4) is 0 Å². The van der Waals surface area contributed by atoms with Crippen molar-refractivity contribution in [2.24, 2.45) is 0 Å². The molecule has 0 saturated carbocycles. The molecule has 3 rings (SSSR count). The fourth-order valence-corrected chi connectivity index (χ4v) is 3.20. The van der Waals surface area contributed by atoms with Gasteiger partial charge in [0.2, 0.25) is 0 Å². The third kappa shape index (κ3) is 2.43. The van der Waals surface area contributed by atoms with E-state index in [0.29, 0.717) is 24.8 Å². The number of alkyl halides is 3. The first-order valence-corrected chi connectivity index (χ1v) is 6.71. The van der Waals surface area contributed by atoms with Crippen LogP contribution in [0.3, 0.4) is 0 Å². The average molecular weight is 270 g/mol. The van der Waals surface area contributed by atoms with E-state index < -0.39 is 11.7 Å². The summed E-state index contributed by atoms with van der Waals surface area (Å²) in [5, 5.41) is 0. The number of anilines is 1. The molecule has 0 amide bonds. The molecule has 2 nitrogen and oxygen atoms in total. The summed E-state index contributed by atoms with van der Waals surface area (Å²) in [5.41, 5.74) is -0.178. The van der Waals surface area contributed by atoms with Gasteiger partial charge in [0.25, 0.3) is 0 Å². The second-order valence-corrected chi connectivity index (χ2v) is 5.29. The van der Waals surface area contributed by atoms with Gasteiger partial charge in [-0.25, -0.2) is 0 Å². The molecule has 0 aliphatic carbocycles. The second-order valence-electron chi connectivity index (χ2n) is 5.29. The largest absolute Gasteiger partial charge is 0.418 e. The van der Waals surface area contributed by atoms with E-state index in [-0.39, 0.29) is 0 Å². The van der Waals surface area contributed by atoms with E-state index in [1.54, 1.807) is 12.1 Å². The van der Waals surface area contributed by atoms with E-state index in [1.165, 1.54) is 18.6 Å². The molecule has 1 aromatic carbocycles. The van der Waals surface area contributed by atoms with Crippen LogP contribution in [0.5, 0.6) is 0 Å². The molecule has 2 heterocycles. The standard InChI is InChI=1S/C14H17F3N2/c15-14(16,17)12-5-1-2-6-13(12)19-9-8-18-7-3-4-11(18)10-19/h1-2,5-6,11H,3-4,7-10H2. The number of benzene rings is 1. The maximum absolute atomic E-state index is 13.0. The minimum absolute atomic E-state index is 0.335. The molecule has 1 atom stereocenters. The van der Waals surface area contributed by atoms with Gasteiger partial charge in [-0.05, 0) is 31.5 Å². The van der Waals surface area contributed by atoms with Crippen LogP contribution in [-0.2, 0) is 6.18 Å². The highest BCUT2D eigenvalue weighted by molar-refractivity contribution is 5.55. The molecule has 0 aromatic heterocycles. The lowest BCUT2D eigenvalue weighted by molar-refractivity contribution is -0.137. The lowest BCUT2D eigenvalue weighted by Crippen LogP contribution is -2.50. The van der Waals surface area contributed by atoms with Crippen LogP contribution >= 0.6 is 0 Å². The molecule has 2 aliphatic heterocycles. The molecule has 1 aromatic rings. The molecule has 1 unspecified atom stereocenters. The van der Waals surface area contributed by atoms with Gasteiger partial charge in [-0.3, -0.25) is 4.90 Å². The number of nitrogens with zero attached hydrogens (tertiary/aromatic N) is 2. The smallest absolute Gasteiger partial charge is 0.368 e. The Kier molecular flexibility index (Phi) is 3.17. The van der Waals surface area contributed by atoms with E-state index in [4.69, 9.17) is 0 Å². The summed E-state index contributed by atoms with van der Waals surface area (Å²) in [6, 6.07) is 6.34. The van der Waals surface area contributed by atoms with Gasteiger partial charge in [0.05, 0.1) is 5.56 Å². The number of piperazine rings is 1. The summed E-state index contributed by atoms with van der Waals surface area (Å²) in [7, 11) is 0. The summed E-state index contributed by atoms with van der Waals surface area (Å²) in [4.78, 5) is 4.29. The normalized spacial score (nSPS) is 24.6. The Morgan fingerprint density at radius 3 is 2.63 bits per heavy atom. The van der Waals surface area contributed by atoms with E-state index >= 15 is 0 Å². The summed E-state index contributed by atoms with van der Waals surface area (Å²) in [6.07, 6.45) is -2.01. The maximum Gasteiger partial charge on any atom is 0.418 e. The fourth-order valence-electron chi connectivity index (χ4n) is 3.20. The number of rotatable bonds is 1. The molecule has 0 radical (unpaired) electrons. The molecule has 0 bridgehead atoms. The topological polar surface area (TPSA) is 6.48 Å². The van der Waals surface area contributed by atoms with Gasteiger partial charge in [-0.1, -0.05) is 12.1 Å². The quantitative estimate of drug-likeness (QED) is 0.774. The van der Waals surface area contributed by atoms with Crippen molar-refractivity contribution in [1.29, 1.82) is 0 Å². The zero-order valence-electron chi connectivity index (χ0n) is 10.7. The Bertz CT molecular complexity index is 458. The first-order chi connectivity index (χ1) is 9.05. The number of hydrogen-bond acceptors (Lipinski definition) is 2. The molecular weight excluding hydrogens is 253 g/mol. The van der Waals surface area contributed by atoms with Crippen molar-refractivity contribution in [2.45, 2.75) is 25.1 Å². The molecule has 0 spiro atoms. The predicted molar refractivity (Wildman–Crippen MR) is 68.3 cm³/mol. The molecule has 104 valence electrons. The lowest BCUT2D eigenvalue weighted by Gasteiger charge is -2.39. The Labute approximate surface area is 110 Å². The zero-order chi connectivity index (χ0) is 13.5. The van der Waals surface area contributed by atoms with Crippen molar-refractivity contribution in [3.63, 3.8) is 0 Å². The molecular formula is C14H17F3N2. The van der Waals surface area contributed by atoms with Crippen molar-refractivity contribution in [3.05, 3.63) is 29.8 Å². The molecule has 5 heteroatoms. The number of para-hydroxylation sites is 1. The van der Waals surface area contributed by atoms with Crippen molar-refractivity contribution in [1.82, 2.24) is 4.90 Å². The molecule has 2 aliphatic rings. The summed E-state index contributed by atoms with van der Waals surface area (Å²) in [5.74, 6) is 0. The monoisotopic (exact) mass is 270 g/mol. The minimum Gasteiger partial charge on any atom is -0.368 e. The van der Waals surface area contributed by atoms with Crippen molar-refractivity contribution >= 4 is 5.69 Å². The summed E-state index contributed by atoms with van der Waals surface area (Å²) >= 11 is 0. The van der Waals surface area contributed by atoms with Gasteiger partial charge >= 0.3 is 6.18 Å². The first-order valence-electron chi connectivity index (χ1n) is 6.71. The highest BCUT2D eigenvalue weighted by atomic mass is 19.4. The Morgan fingerprint density at radius 1 is 1.05 bits per heavy atom. The van der Waals surface area contributed by atoms with E-state index in [0.717, 1.165) is 19.5 Å². The highest BCUT2D eigenvalue weighted by Crippen LogP contribution is 2.37. The van der Waals surface area contributed by atoms with Crippen LogP contribution < -0.4 is 4.90 Å². The molecule has 2 fully saturated rings. The highest BCUT2D eigenvalue weighted by Gasteiger charge is 2.37. The molecule has 19 heavy (non-hydrogen) atoms. The van der Waals surface area contributed by atoms with Crippen LogP contribution in [0.2, 0.25) is 0 Å². The number of halogens is 3. The first kappa shape index (κ1) is 12.8. The van der Waals surface area contributed by atoms with Crippen LogP contribution in [0.1, 0.15) is 18.4 Å². The van der Waals surface area contributed by atoms with Crippen molar-refractivity contribution < 1.29 is 13.2 Å². The number of fused-ring (bicyclic) bond motifs is 1. The zero-order valence-corrected chi connectivity index (χ0v) is 10.7. The van der Waals surface area contributed by atoms with Crippen LogP contribution in [0.15, 0.2) is 24.3 Å². The maximum atomic E-state index is 13.0. The predicted octanol–water partition coefficient (Wildman–Crippen LogP) is 2.99. The Morgan fingerprint density at radius 2 is 1.84 bits per heavy atom. The Hall–Kier alpha value is -1.23. The van der Waals surface area contributed by atoms with E-state index in [2.05, 4.69) is 4.90 Å². The minimum atomic E-state index is -4.27. The third-order valence-electron chi connectivity index (χ3n) is 4.14. The van der Waals surface area contributed by atoms with Gasteiger partial charge in [0.1, 0.15) is 0 Å². The van der Waals surface area contributed by atoms with Crippen LogP contribution in [-0.4, -0.2) is 37.1 Å². The van der Waals surface area contributed by atoms with Crippen LogP contribution in [0.25, 0.3) is 0 Å². The average Bonchev–Trinajstić information content (AvgIpc) is 2.85. The van der Waals surface area contributed by atoms with Gasteiger partial charge in [0, 0.05) is 31.4 Å². The summed E-state index contributed by atoms with van der Waals surface area (Å²) in [6.45, 7) is 3.37. The summed E-state index contributed by atoms with van der Waals surface area (Å²) < 4.78 is 39.1. The van der Waals surface area contributed by atoms with Gasteiger partial charge < -0.3 is 4.90 Å². The van der Waals surface area contributed by atoms with Crippen molar-refractivity contribution in [2.75, 3.05) is 31.1 Å². The number of hydrogen-bond donors (Lipinski definition) is 0. The van der Waals surface area contributed by atoms with Crippen LogP contribution in [0, 0.1) is 0 Å². The van der Waals surface area contributed by atoms with Gasteiger partial charge in [-0.15, -0.1) is 0 Å². The molecule has 0 N–H and O–H groups in total. The van der Waals surface area contributed by atoms with Gasteiger partial charge in [0.15, 0.2) is 0 Å². The SMILES string of the molecule is FC(F)(F)c1ccccc1N1CCN2CCCC2C1. The third-order valence-corrected chi connectivity index (χ3v) is 4.14. The van der Waals surface area contributed by atoms with Gasteiger partial charge in [-0.2, -0.15) is 13.2 Å². The molecule has 2 saturated heterocycles. The lowest BCUT2D eigenvalue weighted by atomic mass is 10.1. The fraction of sp³-hybridized carbons (Fsp3) is 0.571. The second kappa shape index (κ2) is 4.71. The van der Waals surface area contributed by atoms with E-state index in [1.807, 2.05) is 4.90 Å². The van der Waals surface area contributed by atoms with E-state index in [9.17, 15) is 13.2 Å². The van der Waals surface area contributed by atoms with Crippen LogP contribution in [0.4, 0.5) is 18.9 Å². The Balaban J connectivity index is 1.86.